The van der Waals surface area contributed by atoms with Crippen LogP contribution in [0.15, 0.2) is 41.4 Å². The van der Waals surface area contributed by atoms with Gasteiger partial charge < -0.3 is 5.32 Å². The second kappa shape index (κ2) is 7.54. The van der Waals surface area contributed by atoms with Crippen molar-refractivity contribution in [3.8, 4) is 0 Å². The quantitative estimate of drug-likeness (QED) is 0.793. The Kier molecular flexibility index (Phi) is 6.35. The van der Waals surface area contributed by atoms with Gasteiger partial charge in [-0.25, -0.2) is 13.1 Å². The highest BCUT2D eigenvalue weighted by molar-refractivity contribution is 7.89. The summed E-state index contributed by atoms with van der Waals surface area (Å²) >= 11 is 0. The Hall–Kier alpha value is -1.21. The SMILES string of the molecule is CCNCCNS(=O)(=O)c1cccc2ncccc12.Cl. The van der Waals surface area contributed by atoms with Crippen LogP contribution in [-0.4, -0.2) is 33.0 Å². The molecule has 0 bridgehead atoms. The van der Waals surface area contributed by atoms with E-state index in [0.717, 1.165) is 6.54 Å². The van der Waals surface area contributed by atoms with Crippen molar-refractivity contribution in [1.29, 1.82) is 0 Å². The first-order valence-corrected chi connectivity index (χ1v) is 7.67. The monoisotopic (exact) mass is 315 g/mol. The van der Waals surface area contributed by atoms with Crippen molar-refractivity contribution >= 4 is 33.3 Å². The summed E-state index contributed by atoms with van der Waals surface area (Å²) in [6.45, 7) is 3.77. The van der Waals surface area contributed by atoms with Gasteiger partial charge in [-0.05, 0) is 30.8 Å². The molecule has 0 unspecified atom stereocenters. The summed E-state index contributed by atoms with van der Waals surface area (Å²) in [7, 11) is -3.50. The number of likely N-dealkylation sites (N-methyl/N-ethyl adjacent to an activating group) is 1. The summed E-state index contributed by atoms with van der Waals surface area (Å²) in [4.78, 5) is 4.43. The molecular weight excluding hydrogens is 298 g/mol. The van der Waals surface area contributed by atoms with E-state index in [1.54, 1.807) is 36.5 Å². The zero-order valence-electron chi connectivity index (χ0n) is 11.2. The molecule has 0 saturated carbocycles. The van der Waals surface area contributed by atoms with Crippen LogP contribution >= 0.6 is 12.4 Å². The Balaban J connectivity index is 0.00000200. The number of sulfonamides is 1. The number of rotatable bonds is 6. The standard InChI is InChI=1S/C13H17N3O2S.ClH/c1-2-14-9-10-16-19(17,18)13-7-3-6-12-11(13)5-4-8-15-12;/h3-8,14,16H,2,9-10H2,1H3;1H. The number of fused-ring (bicyclic) bond motifs is 1. The minimum Gasteiger partial charge on any atom is -0.316 e. The van der Waals surface area contributed by atoms with Crippen molar-refractivity contribution in [1.82, 2.24) is 15.0 Å². The Morgan fingerprint density at radius 2 is 1.95 bits per heavy atom. The number of hydrogen-bond acceptors (Lipinski definition) is 4. The zero-order valence-corrected chi connectivity index (χ0v) is 12.8. The Bertz CT molecular complexity index is 656. The van der Waals surface area contributed by atoms with Gasteiger partial charge in [0.25, 0.3) is 0 Å². The van der Waals surface area contributed by atoms with E-state index in [-0.39, 0.29) is 17.3 Å². The normalized spacial score (nSPS) is 11.2. The van der Waals surface area contributed by atoms with E-state index < -0.39 is 10.0 Å². The van der Waals surface area contributed by atoms with Crippen LogP contribution in [0.2, 0.25) is 0 Å². The maximum Gasteiger partial charge on any atom is 0.241 e. The number of pyridine rings is 1. The van der Waals surface area contributed by atoms with Gasteiger partial charge in [0.05, 0.1) is 10.4 Å². The molecule has 0 saturated heterocycles. The number of benzene rings is 1. The Morgan fingerprint density at radius 3 is 2.70 bits per heavy atom. The van der Waals surface area contributed by atoms with Crippen molar-refractivity contribution < 1.29 is 8.42 Å². The molecule has 0 aliphatic heterocycles. The van der Waals surface area contributed by atoms with Crippen LogP contribution in [0.1, 0.15) is 6.92 Å². The van der Waals surface area contributed by atoms with Crippen LogP contribution in [0.5, 0.6) is 0 Å². The van der Waals surface area contributed by atoms with Gasteiger partial charge in [-0.3, -0.25) is 4.98 Å². The molecule has 1 aromatic carbocycles. The molecule has 0 aliphatic rings. The molecule has 20 heavy (non-hydrogen) atoms. The van der Waals surface area contributed by atoms with E-state index in [2.05, 4.69) is 15.0 Å². The fourth-order valence-electron chi connectivity index (χ4n) is 1.84. The number of aromatic nitrogens is 1. The average Bonchev–Trinajstić information content (AvgIpc) is 2.43. The molecular formula is C13H18ClN3O2S. The third kappa shape index (κ3) is 3.89. The maximum atomic E-state index is 12.2. The van der Waals surface area contributed by atoms with Gasteiger partial charge in [0.1, 0.15) is 0 Å². The van der Waals surface area contributed by atoms with Crippen molar-refractivity contribution in [2.24, 2.45) is 0 Å². The molecule has 7 heteroatoms. The number of halogens is 1. The number of hydrogen-bond donors (Lipinski definition) is 2. The van der Waals surface area contributed by atoms with Crippen LogP contribution in [-0.2, 0) is 10.0 Å². The summed E-state index contributed by atoms with van der Waals surface area (Å²) in [5.74, 6) is 0. The minimum absolute atomic E-state index is 0. The third-order valence-corrected chi connectivity index (χ3v) is 4.26. The first kappa shape index (κ1) is 16.8. The highest BCUT2D eigenvalue weighted by Crippen LogP contribution is 2.20. The fourth-order valence-corrected chi connectivity index (χ4v) is 3.08. The van der Waals surface area contributed by atoms with Gasteiger partial charge in [-0.2, -0.15) is 0 Å². The van der Waals surface area contributed by atoms with Gasteiger partial charge >= 0.3 is 0 Å². The zero-order chi connectivity index (χ0) is 13.7. The van der Waals surface area contributed by atoms with Crippen molar-refractivity contribution in [2.45, 2.75) is 11.8 Å². The molecule has 0 aliphatic carbocycles. The van der Waals surface area contributed by atoms with Gasteiger partial charge in [-0.1, -0.05) is 13.0 Å². The topological polar surface area (TPSA) is 71.1 Å². The van der Waals surface area contributed by atoms with Crippen molar-refractivity contribution in [2.75, 3.05) is 19.6 Å². The van der Waals surface area contributed by atoms with Crippen molar-refractivity contribution in [3.05, 3.63) is 36.5 Å². The van der Waals surface area contributed by atoms with Gasteiger partial charge in [0, 0.05) is 24.7 Å². The summed E-state index contributed by atoms with van der Waals surface area (Å²) < 4.78 is 27.1. The largest absolute Gasteiger partial charge is 0.316 e. The molecule has 5 nitrogen and oxygen atoms in total. The fraction of sp³-hybridized carbons (Fsp3) is 0.308. The Labute approximate surface area is 125 Å². The van der Waals surface area contributed by atoms with Gasteiger partial charge in [-0.15, -0.1) is 12.4 Å². The van der Waals surface area contributed by atoms with Crippen LogP contribution in [0.3, 0.4) is 0 Å². The second-order valence-electron chi connectivity index (χ2n) is 4.08. The van der Waals surface area contributed by atoms with E-state index >= 15 is 0 Å². The molecule has 2 N–H and O–H groups in total. The van der Waals surface area contributed by atoms with E-state index in [4.69, 9.17) is 0 Å². The molecule has 1 heterocycles. The molecule has 110 valence electrons. The molecule has 0 fully saturated rings. The molecule has 1 aromatic heterocycles. The smallest absolute Gasteiger partial charge is 0.241 e. The molecule has 0 spiro atoms. The van der Waals surface area contributed by atoms with E-state index in [1.807, 2.05) is 6.92 Å². The summed E-state index contributed by atoms with van der Waals surface area (Å²) in [5.41, 5.74) is 0.678. The third-order valence-electron chi connectivity index (χ3n) is 2.74. The lowest BCUT2D eigenvalue weighted by molar-refractivity contribution is 0.578. The summed E-state index contributed by atoms with van der Waals surface area (Å²) in [6, 6.07) is 8.60. The Morgan fingerprint density at radius 1 is 1.15 bits per heavy atom. The van der Waals surface area contributed by atoms with Crippen LogP contribution in [0, 0.1) is 0 Å². The van der Waals surface area contributed by atoms with E-state index in [9.17, 15) is 8.42 Å². The van der Waals surface area contributed by atoms with E-state index in [0.29, 0.717) is 24.0 Å². The highest BCUT2D eigenvalue weighted by atomic mass is 35.5. The second-order valence-corrected chi connectivity index (χ2v) is 5.81. The average molecular weight is 316 g/mol. The van der Waals surface area contributed by atoms with Crippen LogP contribution in [0.4, 0.5) is 0 Å². The van der Waals surface area contributed by atoms with E-state index in [1.165, 1.54) is 0 Å². The molecule has 2 rings (SSSR count). The summed E-state index contributed by atoms with van der Waals surface area (Å²) in [5, 5.41) is 3.71. The number of nitrogens with one attached hydrogen (secondary N) is 2. The first-order valence-electron chi connectivity index (χ1n) is 6.19. The summed E-state index contributed by atoms with van der Waals surface area (Å²) in [6.07, 6.45) is 1.65. The lowest BCUT2D eigenvalue weighted by Crippen LogP contribution is -2.31. The van der Waals surface area contributed by atoms with Gasteiger partial charge in [0.15, 0.2) is 0 Å². The maximum absolute atomic E-state index is 12.2. The minimum atomic E-state index is -3.50. The number of nitrogens with zero attached hydrogens (tertiary/aromatic N) is 1. The van der Waals surface area contributed by atoms with Crippen LogP contribution < -0.4 is 10.0 Å². The lowest BCUT2D eigenvalue weighted by Gasteiger charge is -2.09. The first-order chi connectivity index (χ1) is 9.15. The lowest BCUT2D eigenvalue weighted by atomic mass is 10.2. The van der Waals surface area contributed by atoms with Gasteiger partial charge in [0.2, 0.25) is 10.0 Å². The molecule has 0 radical (unpaired) electrons. The predicted molar refractivity (Wildman–Crippen MR) is 82.7 cm³/mol. The van der Waals surface area contributed by atoms with Crippen molar-refractivity contribution in [3.63, 3.8) is 0 Å². The van der Waals surface area contributed by atoms with Crippen LogP contribution in [0.25, 0.3) is 10.9 Å². The molecule has 0 atom stereocenters. The molecule has 0 amide bonds. The highest BCUT2D eigenvalue weighted by Gasteiger charge is 2.16. The predicted octanol–water partition coefficient (Wildman–Crippen LogP) is 1.54. The molecule has 2 aromatic rings.